The highest BCUT2D eigenvalue weighted by Crippen LogP contribution is 2.41. The van der Waals surface area contributed by atoms with Crippen molar-refractivity contribution in [1.29, 1.82) is 0 Å². The van der Waals surface area contributed by atoms with E-state index in [4.69, 9.17) is 9.47 Å². The predicted octanol–water partition coefficient (Wildman–Crippen LogP) is 2.23. The van der Waals surface area contributed by atoms with Gasteiger partial charge in [-0.25, -0.2) is 0 Å². The van der Waals surface area contributed by atoms with Gasteiger partial charge in [-0.15, -0.1) is 0 Å². The number of ether oxygens (including phenoxy) is 2. The molecule has 0 aliphatic carbocycles. The van der Waals surface area contributed by atoms with Crippen LogP contribution in [0.25, 0.3) is 0 Å². The molecule has 120 valence electrons. The molecule has 0 N–H and O–H groups in total. The fraction of sp³-hybridized carbons (Fsp3) is 0.529. The SMILES string of the molecule is CCC1(C(=O)OC)CN(c2c(C)cccc2C)C(=O)C1OC. The number of nitrogens with zero attached hydrogens (tertiary/aromatic N) is 1. The Labute approximate surface area is 131 Å². The van der Waals surface area contributed by atoms with Gasteiger partial charge >= 0.3 is 5.97 Å². The van der Waals surface area contributed by atoms with E-state index >= 15 is 0 Å². The van der Waals surface area contributed by atoms with E-state index in [-0.39, 0.29) is 12.5 Å². The number of hydrogen-bond acceptors (Lipinski definition) is 4. The van der Waals surface area contributed by atoms with Crippen LogP contribution in [0.2, 0.25) is 0 Å². The average Bonchev–Trinajstić information content (AvgIpc) is 2.79. The van der Waals surface area contributed by atoms with Gasteiger partial charge < -0.3 is 14.4 Å². The summed E-state index contributed by atoms with van der Waals surface area (Å²) in [6.07, 6.45) is -0.338. The number of hydrogen-bond donors (Lipinski definition) is 0. The van der Waals surface area contributed by atoms with Gasteiger partial charge in [0.1, 0.15) is 5.41 Å². The fourth-order valence-corrected chi connectivity index (χ4v) is 3.38. The van der Waals surface area contributed by atoms with Crippen molar-refractivity contribution in [2.75, 3.05) is 25.7 Å². The number of aryl methyl sites for hydroxylation is 2. The van der Waals surface area contributed by atoms with E-state index in [2.05, 4.69) is 0 Å². The Kier molecular flexibility index (Phi) is 4.56. The molecule has 1 aromatic carbocycles. The number of amides is 1. The smallest absolute Gasteiger partial charge is 0.316 e. The Morgan fingerprint density at radius 2 is 1.91 bits per heavy atom. The fourth-order valence-electron chi connectivity index (χ4n) is 3.38. The van der Waals surface area contributed by atoms with Crippen LogP contribution in [0, 0.1) is 19.3 Å². The van der Waals surface area contributed by atoms with Gasteiger partial charge in [-0.2, -0.15) is 0 Å². The second-order valence-corrected chi connectivity index (χ2v) is 5.78. The molecule has 0 aromatic heterocycles. The molecule has 1 aliphatic rings. The second kappa shape index (κ2) is 6.08. The van der Waals surface area contributed by atoms with Crippen molar-refractivity contribution in [2.24, 2.45) is 5.41 Å². The van der Waals surface area contributed by atoms with Gasteiger partial charge in [-0.05, 0) is 31.4 Å². The number of para-hydroxylation sites is 1. The number of rotatable bonds is 4. The summed E-state index contributed by atoms with van der Waals surface area (Å²) in [5, 5.41) is 0. The third kappa shape index (κ3) is 2.29. The number of methoxy groups -OCH3 is 2. The Morgan fingerprint density at radius 3 is 2.36 bits per heavy atom. The number of anilines is 1. The summed E-state index contributed by atoms with van der Waals surface area (Å²) in [4.78, 5) is 26.8. The topological polar surface area (TPSA) is 55.8 Å². The first-order valence-electron chi connectivity index (χ1n) is 7.41. The summed E-state index contributed by atoms with van der Waals surface area (Å²) >= 11 is 0. The van der Waals surface area contributed by atoms with Crippen LogP contribution in [0.1, 0.15) is 24.5 Å². The lowest BCUT2D eigenvalue weighted by molar-refractivity contribution is -0.161. The highest BCUT2D eigenvalue weighted by atomic mass is 16.5. The third-order valence-corrected chi connectivity index (χ3v) is 4.60. The molecule has 2 rings (SSSR count). The van der Waals surface area contributed by atoms with Gasteiger partial charge in [-0.1, -0.05) is 25.1 Å². The number of esters is 1. The number of carbonyl (C=O) groups excluding carboxylic acids is 2. The van der Waals surface area contributed by atoms with E-state index in [1.807, 2.05) is 39.0 Å². The van der Waals surface area contributed by atoms with Gasteiger partial charge in [0.2, 0.25) is 0 Å². The molecule has 1 aromatic rings. The molecule has 2 unspecified atom stereocenters. The molecular weight excluding hydrogens is 282 g/mol. The first-order valence-corrected chi connectivity index (χ1v) is 7.41. The summed E-state index contributed by atoms with van der Waals surface area (Å²) < 4.78 is 10.3. The molecule has 2 atom stereocenters. The Bertz CT molecular complexity index is 578. The minimum atomic E-state index is -0.963. The summed E-state index contributed by atoms with van der Waals surface area (Å²) in [7, 11) is 2.81. The summed E-state index contributed by atoms with van der Waals surface area (Å²) in [6.45, 7) is 6.08. The van der Waals surface area contributed by atoms with E-state index in [0.717, 1.165) is 16.8 Å². The molecule has 22 heavy (non-hydrogen) atoms. The lowest BCUT2D eigenvalue weighted by Crippen LogP contribution is -2.44. The van der Waals surface area contributed by atoms with Gasteiger partial charge in [-0.3, -0.25) is 9.59 Å². The Balaban J connectivity index is 2.53. The second-order valence-electron chi connectivity index (χ2n) is 5.78. The first kappa shape index (κ1) is 16.5. The maximum Gasteiger partial charge on any atom is 0.316 e. The van der Waals surface area contributed by atoms with Crippen molar-refractivity contribution < 1.29 is 19.1 Å². The van der Waals surface area contributed by atoms with E-state index < -0.39 is 17.5 Å². The average molecular weight is 305 g/mol. The summed E-state index contributed by atoms with van der Waals surface area (Å²) in [6, 6.07) is 5.87. The van der Waals surface area contributed by atoms with Crippen LogP contribution in [-0.2, 0) is 19.1 Å². The van der Waals surface area contributed by atoms with Crippen molar-refractivity contribution in [3.05, 3.63) is 29.3 Å². The molecule has 1 amide bonds. The molecule has 0 bridgehead atoms. The monoisotopic (exact) mass is 305 g/mol. The molecule has 1 aliphatic heterocycles. The van der Waals surface area contributed by atoms with Crippen LogP contribution in [0.15, 0.2) is 18.2 Å². The number of benzene rings is 1. The van der Waals surface area contributed by atoms with Crippen LogP contribution in [-0.4, -0.2) is 38.7 Å². The van der Waals surface area contributed by atoms with E-state index in [1.165, 1.54) is 14.2 Å². The van der Waals surface area contributed by atoms with Crippen molar-refractivity contribution in [2.45, 2.75) is 33.3 Å². The van der Waals surface area contributed by atoms with Crippen LogP contribution in [0.4, 0.5) is 5.69 Å². The molecule has 1 saturated heterocycles. The normalized spacial score (nSPS) is 24.7. The lowest BCUT2D eigenvalue weighted by Gasteiger charge is -2.28. The van der Waals surface area contributed by atoms with Gasteiger partial charge in [0, 0.05) is 19.3 Å². The highest BCUT2D eigenvalue weighted by molar-refractivity contribution is 6.05. The zero-order valence-electron chi connectivity index (χ0n) is 13.8. The van der Waals surface area contributed by atoms with Gasteiger partial charge in [0.15, 0.2) is 6.10 Å². The molecule has 0 radical (unpaired) electrons. The van der Waals surface area contributed by atoms with Crippen molar-refractivity contribution in [1.82, 2.24) is 0 Å². The van der Waals surface area contributed by atoms with E-state index in [9.17, 15) is 9.59 Å². The Hall–Kier alpha value is -1.88. The van der Waals surface area contributed by atoms with Crippen molar-refractivity contribution in [3.8, 4) is 0 Å². The molecular formula is C17H23NO4. The van der Waals surface area contributed by atoms with E-state index in [1.54, 1.807) is 4.90 Å². The molecule has 1 fully saturated rings. The minimum absolute atomic E-state index is 0.188. The van der Waals surface area contributed by atoms with Gasteiger partial charge in [0.25, 0.3) is 5.91 Å². The minimum Gasteiger partial charge on any atom is -0.468 e. The van der Waals surface area contributed by atoms with Crippen LogP contribution in [0.5, 0.6) is 0 Å². The van der Waals surface area contributed by atoms with Gasteiger partial charge in [0.05, 0.1) is 7.11 Å². The molecule has 1 heterocycles. The Morgan fingerprint density at radius 1 is 1.32 bits per heavy atom. The summed E-state index contributed by atoms with van der Waals surface area (Å²) in [5.41, 5.74) is 1.89. The third-order valence-electron chi connectivity index (χ3n) is 4.60. The lowest BCUT2D eigenvalue weighted by atomic mass is 9.81. The molecule has 5 heteroatoms. The van der Waals surface area contributed by atoms with E-state index in [0.29, 0.717) is 6.42 Å². The summed E-state index contributed by atoms with van der Waals surface area (Å²) in [5.74, 6) is -0.587. The zero-order chi connectivity index (χ0) is 16.5. The highest BCUT2D eigenvalue weighted by Gasteiger charge is 2.58. The maximum atomic E-state index is 12.8. The standard InChI is InChI=1S/C17H23NO4/c1-6-17(16(20)22-5)10-18(15(19)14(17)21-4)13-11(2)8-7-9-12(13)3/h7-9,14H,6,10H2,1-5H3. The molecule has 0 saturated carbocycles. The quantitative estimate of drug-likeness (QED) is 0.801. The van der Waals surface area contributed by atoms with Crippen LogP contribution >= 0.6 is 0 Å². The first-order chi connectivity index (χ1) is 10.4. The van der Waals surface area contributed by atoms with Crippen molar-refractivity contribution in [3.63, 3.8) is 0 Å². The molecule has 0 spiro atoms. The number of carbonyl (C=O) groups is 2. The zero-order valence-corrected chi connectivity index (χ0v) is 13.8. The molecule has 5 nitrogen and oxygen atoms in total. The predicted molar refractivity (Wildman–Crippen MR) is 83.8 cm³/mol. The van der Waals surface area contributed by atoms with Crippen LogP contribution < -0.4 is 4.90 Å². The maximum absolute atomic E-state index is 12.8. The largest absolute Gasteiger partial charge is 0.468 e. The van der Waals surface area contributed by atoms with Crippen molar-refractivity contribution >= 4 is 17.6 Å². The van der Waals surface area contributed by atoms with Crippen LogP contribution in [0.3, 0.4) is 0 Å².